The minimum absolute atomic E-state index is 0.00490. The lowest BCUT2D eigenvalue weighted by Gasteiger charge is -2.18. The van der Waals surface area contributed by atoms with Crippen LogP contribution in [0.1, 0.15) is 31.2 Å². The number of halogens is 1. The Labute approximate surface area is 162 Å². The molecule has 4 nitrogen and oxygen atoms in total. The maximum atomic E-state index is 12.5. The smallest absolute Gasteiger partial charge is 0.227 e. The van der Waals surface area contributed by atoms with E-state index in [1.807, 2.05) is 42.5 Å². The molecule has 2 amide bonds. The van der Waals surface area contributed by atoms with Crippen LogP contribution in [0.4, 0.5) is 5.69 Å². The molecule has 1 heterocycles. The highest BCUT2D eigenvalue weighted by molar-refractivity contribution is 9.10. The summed E-state index contributed by atoms with van der Waals surface area (Å²) in [5.41, 5.74) is 2.10. The largest absolute Gasteiger partial charge is 0.356 e. The second-order valence-electron chi connectivity index (χ2n) is 6.75. The zero-order chi connectivity index (χ0) is 18.5. The Bertz CT molecular complexity index is 779. The van der Waals surface area contributed by atoms with E-state index in [0.29, 0.717) is 19.0 Å². The highest BCUT2D eigenvalue weighted by Crippen LogP contribution is 2.31. The molecule has 0 bridgehead atoms. The van der Waals surface area contributed by atoms with Crippen molar-refractivity contribution < 1.29 is 9.59 Å². The highest BCUT2D eigenvalue weighted by atomic mass is 79.9. The Morgan fingerprint density at radius 3 is 2.62 bits per heavy atom. The molecule has 1 saturated heterocycles. The molecule has 26 heavy (non-hydrogen) atoms. The molecule has 0 aliphatic carbocycles. The van der Waals surface area contributed by atoms with Gasteiger partial charge < -0.3 is 10.2 Å². The maximum absolute atomic E-state index is 12.5. The molecule has 2 aromatic carbocycles. The molecule has 1 fully saturated rings. The van der Waals surface area contributed by atoms with E-state index in [2.05, 4.69) is 40.3 Å². The van der Waals surface area contributed by atoms with Crippen molar-refractivity contribution in [1.29, 1.82) is 0 Å². The molecule has 1 N–H and O–H groups in total. The number of hydrogen-bond donors (Lipinski definition) is 1. The summed E-state index contributed by atoms with van der Waals surface area (Å²) in [6.45, 7) is 3.21. The van der Waals surface area contributed by atoms with Crippen LogP contribution in [-0.2, 0) is 9.59 Å². The topological polar surface area (TPSA) is 49.4 Å². The van der Waals surface area contributed by atoms with Crippen LogP contribution in [0.3, 0.4) is 0 Å². The summed E-state index contributed by atoms with van der Waals surface area (Å²) in [6, 6.07) is 17.9. The number of rotatable bonds is 6. The molecule has 1 aliphatic rings. The Morgan fingerprint density at radius 2 is 1.88 bits per heavy atom. The summed E-state index contributed by atoms with van der Waals surface area (Å²) in [6.07, 6.45) is 1.14. The first kappa shape index (κ1) is 18.6. The lowest BCUT2D eigenvalue weighted by Crippen LogP contribution is -2.34. The van der Waals surface area contributed by atoms with E-state index in [1.165, 1.54) is 5.56 Å². The van der Waals surface area contributed by atoms with Gasteiger partial charge in [0.25, 0.3) is 0 Å². The molecule has 1 aliphatic heterocycles. The van der Waals surface area contributed by atoms with Gasteiger partial charge in [0.1, 0.15) is 0 Å². The fourth-order valence-electron chi connectivity index (χ4n) is 3.29. The van der Waals surface area contributed by atoms with Crippen LogP contribution in [0.25, 0.3) is 0 Å². The fourth-order valence-corrected chi connectivity index (χ4v) is 3.79. The van der Waals surface area contributed by atoms with Crippen molar-refractivity contribution in [2.45, 2.75) is 25.7 Å². The van der Waals surface area contributed by atoms with Gasteiger partial charge in [-0.15, -0.1) is 0 Å². The summed E-state index contributed by atoms with van der Waals surface area (Å²) >= 11 is 3.48. The third-order valence-corrected chi connectivity index (χ3v) is 5.55. The van der Waals surface area contributed by atoms with E-state index >= 15 is 0 Å². The predicted octanol–water partition coefficient (Wildman–Crippen LogP) is 4.11. The van der Waals surface area contributed by atoms with Crippen LogP contribution >= 0.6 is 15.9 Å². The van der Waals surface area contributed by atoms with Crippen molar-refractivity contribution in [2.24, 2.45) is 5.92 Å². The number of para-hydroxylation sites is 1. The van der Waals surface area contributed by atoms with Crippen LogP contribution in [0.15, 0.2) is 59.1 Å². The van der Waals surface area contributed by atoms with Gasteiger partial charge in [-0.1, -0.05) is 49.4 Å². The number of benzene rings is 2. The molecule has 0 radical (unpaired) electrons. The van der Waals surface area contributed by atoms with Gasteiger partial charge in [-0.25, -0.2) is 0 Å². The second kappa shape index (κ2) is 8.49. The predicted molar refractivity (Wildman–Crippen MR) is 107 cm³/mol. The van der Waals surface area contributed by atoms with Gasteiger partial charge in [0, 0.05) is 24.0 Å². The van der Waals surface area contributed by atoms with Gasteiger partial charge in [-0.2, -0.15) is 0 Å². The number of anilines is 1. The number of nitrogens with zero attached hydrogens (tertiary/aromatic N) is 1. The van der Waals surface area contributed by atoms with Crippen molar-refractivity contribution in [3.05, 3.63) is 64.6 Å². The summed E-state index contributed by atoms with van der Waals surface area (Å²) in [5, 5.41) is 3.00. The summed E-state index contributed by atoms with van der Waals surface area (Å²) < 4.78 is 0.867. The number of nitrogens with one attached hydrogen (secondary N) is 1. The molecule has 0 saturated carbocycles. The summed E-state index contributed by atoms with van der Waals surface area (Å²) in [7, 11) is 0. The molecule has 136 valence electrons. The van der Waals surface area contributed by atoms with Gasteiger partial charge in [0.2, 0.25) is 11.8 Å². The molecular weight excluding hydrogens is 392 g/mol. The van der Waals surface area contributed by atoms with E-state index in [1.54, 1.807) is 4.90 Å². The zero-order valence-electron chi connectivity index (χ0n) is 14.8. The van der Waals surface area contributed by atoms with Crippen molar-refractivity contribution in [2.75, 3.05) is 18.0 Å². The SMILES string of the molecule is CC(CCNC(=O)C1CC(=O)N(c2ccccc2Br)C1)c1ccccc1. The Morgan fingerprint density at radius 1 is 1.19 bits per heavy atom. The Hall–Kier alpha value is -2.14. The molecule has 2 atom stereocenters. The monoisotopic (exact) mass is 414 g/mol. The number of carbonyl (C=O) groups excluding carboxylic acids is 2. The third kappa shape index (κ3) is 4.33. The number of amides is 2. The molecule has 2 unspecified atom stereocenters. The van der Waals surface area contributed by atoms with Gasteiger partial charge in [0.15, 0.2) is 0 Å². The van der Waals surface area contributed by atoms with Crippen molar-refractivity contribution in [3.8, 4) is 0 Å². The molecule has 2 aromatic rings. The van der Waals surface area contributed by atoms with E-state index in [9.17, 15) is 9.59 Å². The minimum Gasteiger partial charge on any atom is -0.356 e. The van der Waals surface area contributed by atoms with Crippen molar-refractivity contribution in [1.82, 2.24) is 5.32 Å². The average molecular weight is 415 g/mol. The number of carbonyl (C=O) groups is 2. The standard InChI is InChI=1S/C21H23BrN2O2/c1-15(16-7-3-2-4-8-16)11-12-23-21(26)17-13-20(25)24(14-17)19-10-6-5-9-18(19)22/h2-10,15,17H,11-14H2,1H3,(H,23,26). The summed E-state index contributed by atoms with van der Waals surface area (Å²) in [5.74, 6) is 0.0583. The molecule has 3 rings (SSSR count). The van der Waals surface area contributed by atoms with Crippen molar-refractivity contribution >= 4 is 33.4 Å². The quantitative estimate of drug-likeness (QED) is 0.772. The van der Waals surface area contributed by atoms with Gasteiger partial charge >= 0.3 is 0 Å². The maximum Gasteiger partial charge on any atom is 0.227 e. The van der Waals surface area contributed by atoms with Crippen LogP contribution in [0.2, 0.25) is 0 Å². The average Bonchev–Trinajstić information content (AvgIpc) is 3.04. The Kier molecular flexibility index (Phi) is 6.09. The lowest BCUT2D eigenvalue weighted by molar-refractivity contribution is -0.126. The fraction of sp³-hybridized carbons (Fsp3) is 0.333. The zero-order valence-corrected chi connectivity index (χ0v) is 16.4. The summed E-state index contributed by atoms with van der Waals surface area (Å²) in [4.78, 5) is 26.5. The van der Waals surface area contributed by atoms with Crippen LogP contribution in [-0.4, -0.2) is 24.9 Å². The van der Waals surface area contributed by atoms with Crippen LogP contribution < -0.4 is 10.2 Å². The van der Waals surface area contributed by atoms with Gasteiger partial charge in [-0.05, 0) is 46.0 Å². The third-order valence-electron chi connectivity index (χ3n) is 4.88. The second-order valence-corrected chi connectivity index (χ2v) is 7.60. The molecule has 0 spiro atoms. The molecular formula is C21H23BrN2O2. The Balaban J connectivity index is 1.51. The first-order valence-electron chi connectivity index (χ1n) is 8.94. The normalized spacial score (nSPS) is 18.0. The molecule has 5 heteroatoms. The van der Waals surface area contributed by atoms with Crippen LogP contribution in [0, 0.1) is 5.92 Å². The molecule has 0 aromatic heterocycles. The van der Waals surface area contributed by atoms with Crippen LogP contribution in [0.5, 0.6) is 0 Å². The van der Waals surface area contributed by atoms with Crippen molar-refractivity contribution in [3.63, 3.8) is 0 Å². The first-order valence-corrected chi connectivity index (χ1v) is 9.73. The van der Waals surface area contributed by atoms with E-state index < -0.39 is 0 Å². The van der Waals surface area contributed by atoms with E-state index in [4.69, 9.17) is 0 Å². The van der Waals surface area contributed by atoms with Gasteiger partial charge in [-0.3, -0.25) is 9.59 Å². The van der Waals surface area contributed by atoms with E-state index in [0.717, 1.165) is 16.6 Å². The lowest BCUT2D eigenvalue weighted by atomic mass is 9.98. The minimum atomic E-state index is -0.290. The first-order chi connectivity index (χ1) is 12.6. The van der Waals surface area contributed by atoms with E-state index in [-0.39, 0.29) is 24.2 Å². The number of hydrogen-bond acceptors (Lipinski definition) is 2. The van der Waals surface area contributed by atoms with Gasteiger partial charge in [0.05, 0.1) is 11.6 Å². The highest BCUT2D eigenvalue weighted by Gasteiger charge is 2.35.